The Labute approximate surface area is 120 Å². The molecular formula is C13H17Cl2NOS. The van der Waals surface area contributed by atoms with E-state index in [-0.39, 0.29) is 6.04 Å². The second kappa shape index (κ2) is 6.38. The first-order valence-electron chi connectivity index (χ1n) is 6.17. The van der Waals surface area contributed by atoms with Crippen LogP contribution in [0.3, 0.4) is 0 Å². The molecule has 0 radical (unpaired) electrons. The Morgan fingerprint density at radius 3 is 2.56 bits per heavy atom. The molecule has 1 fully saturated rings. The van der Waals surface area contributed by atoms with Gasteiger partial charge < -0.3 is 5.73 Å². The monoisotopic (exact) mass is 305 g/mol. The molecule has 2 unspecified atom stereocenters. The minimum absolute atomic E-state index is 0.0165. The summed E-state index contributed by atoms with van der Waals surface area (Å²) >= 11 is 11.8. The Balaban J connectivity index is 2.00. The summed E-state index contributed by atoms with van der Waals surface area (Å²) in [5, 5.41) is 0.925. The number of nitrogens with two attached hydrogens (primary N) is 1. The third kappa shape index (κ3) is 3.47. The molecule has 1 aromatic carbocycles. The molecule has 2 atom stereocenters. The van der Waals surface area contributed by atoms with Crippen LogP contribution in [0.4, 0.5) is 0 Å². The van der Waals surface area contributed by atoms with E-state index in [2.05, 4.69) is 0 Å². The van der Waals surface area contributed by atoms with Crippen LogP contribution in [-0.2, 0) is 10.8 Å². The van der Waals surface area contributed by atoms with Crippen LogP contribution >= 0.6 is 23.2 Å². The van der Waals surface area contributed by atoms with Gasteiger partial charge in [0.2, 0.25) is 0 Å². The van der Waals surface area contributed by atoms with Crippen molar-refractivity contribution in [1.29, 1.82) is 0 Å². The quantitative estimate of drug-likeness (QED) is 0.923. The van der Waals surface area contributed by atoms with Gasteiger partial charge in [-0.1, -0.05) is 36.0 Å². The SMILES string of the molecule is NC(CS(=O)c1ccc(Cl)c(Cl)c1)C1CCCC1. The molecule has 2 rings (SSSR count). The lowest BCUT2D eigenvalue weighted by molar-refractivity contribution is 0.460. The molecule has 0 spiro atoms. The standard InChI is InChI=1S/C13H17Cl2NOS/c14-11-6-5-10(7-12(11)15)18(17)8-13(16)9-3-1-2-4-9/h5-7,9,13H,1-4,8,16H2. The van der Waals surface area contributed by atoms with Gasteiger partial charge in [-0.25, -0.2) is 0 Å². The van der Waals surface area contributed by atoms with Gasteiger partial charge in [-0.2, -0.15) is 0 Å². The van der Waals surface area contributed by atoms with E-state index in [9.17, 15) is 4.21 Å². The molecular weight excluding hydrogens is 289 g/mol. The number of halogens is 2. The average Bonchev–Trinajstić information content (AvgIpc) is 2.86. The second-order valence-corrected chi connectivity index (χ2v) is 7.11. The van der Waals surface area contributed by atoms with E-state index in [0.29, 0.717) is 26.6 Å². The van der Waals surface area contributed by atoms with Gasteiger partial charge in [0.05, 0.1) is 20.8 Å². The zero-order valence-corrected chi connectivity index (χ0v) is 12.4. The van der Waals surface area contributed by atoms with Crippen molar-refractivity contribution >= 4 is 34.0 Å². The van der Waals surface area contributed by atoms with Crippen LogP contribution in [0.2, 0.25) is 10.0 Å². The molecule has 1 saturated carbocycles. The minimum Gasteiger partial charge on any atom is -0.327 e. The van der Waals surface area contributed by atoms with Crippen molar-refractivity contribution in [2.24, 2.45) is 11.7 Å². The van der Waals surface area contributed by atoms with Crippen LogP contribution in [0, 0.1) is 5.92 Å². The molecule has 0 aliphatic heterocycles. The predicted molar refractivity (Wildman–Crippen MR) is 77.7 cm³/mol. The maximum Gasteiger partial charge on any atom is 0.0604 e. The number of rotatable bonds is 4. The minimum atomic E-state index is -1.10. The van der Waals surface area contributed by atoms with Gasteiger partial charge in [0.15, 0.2) is 0 Å². The molecule has 2 nitrogen and oxygen atoms in total. The fraction of sp³-hybridized carbons (Fsp3) is 0.538. The van der Waals surface area contributed by atoms with E-state index < -0.39 is 10.8 Å². The van der Waals surface area contributed by atoms with Crippen LogP contribution in [0.5, 0.6) is 0 Å². The molecule has 0 bridgehead atoms. The molecule has 100 valence electrons. The summed E-state index contributed by atoms with van der Waals surface area (Å²) in [6.07, 6.45) is 4.83. The third-order valence-electron chi connectivity index (χ3n) is 3.50. The van der Waals surface area contributed by atoms with E-state index in [4.69, 9.17) is 28.9 Å². The number of benzene rings is 1. The summed E-state index contributed by atoms with van der Waals surface area (Å²) < 4.78 is 12.2. The molecule has 5 heteroatoms. The Kier molecular flexibility index (Phi) is 5.07. The average molecular weight is 306 g/mol. The van der Waals surface area contributed by atoms with E-state index >= 15 is 0 Å². The predicted octanol–water partition coefficient (Wildman–Crippen LogP) is 3.62. The fourth-order valence-corrected chi connectivity index (χ4v) is 4.06. The Bertz CT molecular complexity index is 447. The van der Waals surface area contributed by atoms with Gasteiger partial charge >= 0.3 is 0 Å². The Morgan fingerprint density at radius 2 is 1.94 bits per heavy atom. The highest BCUT2D eigenvalue weighted by molar-refractivity contribution is 7.85. The van der Waals surface area contributed by atoms with Crippen LogP contribution in [-0.4, -0.2) is 16.0 Å². The van der Waals surface area contributed by atoms with Crippen molar-refractivity contribution in [2.75, 3.05) is 5.75 Å². The summed E-state index contributed by atoms with van der Waals surface area (Å²) in [6, 6.07) is 5.12. The molecule has 1 aliphatic carbocycles. The molecule has 18 heavy (non-hydrogen) atoms. The van der Waals surface area contributed by atoms with Gasteiger partial charge in [-0.15, -0.1) is 0 Å². The van der Waals surface area contributed by atoms with E-state index in [0.717, 1.165) is 0 Å². The van der Waals surface area contributed by atoms with Crippen molar-refractivity contribution in [3.05, 3.63) is 28.2 Å². The van der Waals surface area contributed by atoms with Crippen LogP contribution in [0.25, 0.3) is 0 Å². The molecule has 0 aromatic heterocycles. The largest absolute Gasteiger partial charge is 0.327 e. The molecule has 0 saturated heterocycles. The fourth-order valence-electron chi connectivity index (χ4n) is 2.41. The summed E-state index contributed by atoms with van der Waals surface area (Å²) in [5.41, 5.74) is 6.13. The summed E-state index contributed by atoms with van der Waals surface area (Å²) in [6.45, 7) is 0. The van der Waals surface area contributed by atoms with E-state index in [1.54, 1.807) is 18.2 Å². The van der Waals surface area contributed by atoms with Crippen LogP contribution in [0.15, 0.2) is 23.1 Å². The molecule has 0 amide bonds. The van der Waals surface area contributed by atoms with Crippen molar-refractivity contribution in [1.82, 2.24) is 0 Å². The van der Waals surface area contributed by atoms with Gasteiger partial charge in [-0.3, -0.25) is 4.21 Å². The summed E-state index contributed by atoms with van der Waals surface area (Å²) in [4.78, 5) is 0.706. The van der Waals surface area contributed by atoms with Gasteiger partial charge in [-0.05, 0) is 37.0 Å². The number of hydrogen-bond donors (Lipinski definition) is 1. The Hall–Kier alpha value is -0.0900. The van der Waals surface area contributed by atoms with Gasteiger partial charge in [0, 0.05) is 16.7 Å². The van der Waals surface area contributed by atoms with Crippen LogP contribution in [0.1, 0.15) is 25.7 Å². The van der Waals surface area contributed by atoms with Crippen LogP contribution < -0.4 is 5.73 Å². The highest BCUT2D eigenvalue weighted by Gasteiger charge is 2.24. The normalized spacial score (nSPS) is 19.9. The molecule has 2 N–H and O–H groups in total. The first kappa shape index (κ1) is 14.3. The molecule has 1 aromatic rings. The lowest BCUT2D eigenvalue weighted by Gasteiger charge is -2.18. The lowest BCUT2D eigenvalue weighted by Crippen LogP contribution is -2.34. The highest BCUT2D eigenvalue weighted by atomic mass is 35.5. The van der Waals surface area contributed by atoms with Crippen molar-refractivity contribution in [2.45, 2.75) is 36.6 Å². The Morgan fingerprint density at radius 1 is 1.28 bits per heavy atom. The molecule has 1 aliphatic rings. The maximum absolute atomic E-state index is 12.2. The number of hydrogen-bond acceptors (Lipinski definition) is 2. The molecule has 0 heterocycles. The lowest BCUT2D eigenvalue weighted by atomic mass is 10.0. The topological polar surface area (TPSA) is 43.1 Å². The first-order chi connectivity index (χ1) is 8.58. The maximum atomic E-state index is 12.2. The summed E-state index contributed by atoms with van der Waals surface area (Å²) in [7, 11) is -1.10. The zero-order chi connectivity index (χ0) is 13.1. The van der Waals surface area contributed by atoms with Gasteiger partial charge in [0.1, 0.15) is 0 Å². The zero-order valence-electron chi connectivity index (χ0n) is 10.1. The third-order valence-corrected chi connectivity index (χ3v) is 5.71. The smallest absolute Gasteiger partial charge is 0.0604 e. The van der Waals surface area contributed by atoms with E-state index in [1.807, 2.05) is 0 Å². The van der Waals surface area contributed by atoms with E-state index in [1.165, 1.54) is 25.7 Å². The first-order valence-corrected chi connectivity index (χ1v) is 8.24. The second-order valence-electron chi connectivity index (χ2n) is 4.80. The van der Waals surface area contributed by atoms with Crippen molar-refractivity contribution in [3.8, 4) is 0 Å². The van der Waals surface area contributed by atoms with Crippen molar-refractivity contribution in [3.63, 3.8) is 0 Å². The van der Waals surface area contributed by atoms with Gasteiger partial charge in [0.25, 0.3) is 0 Å². The van der Waals surface area contributed by atoms with Crippen molar-refractivity contribution < 1.29 is 4.21 Å². The summed E-state index contributed by atoms with van der Waals surface area (Å²) in [5.74, 6) is 1.03. The highest BCUT2D eigenvalue weighted by Crippen LogP contribution is 2.28.